The van der Waals surface area contributed by atoms with Gasteiger partial charge in [0.2, 0.25) is 0 Å². The van der Waals surface area contributed by atoms with Gasteiger partial charge in [0.15, 0.2) is 5.82 Å². The molecule has 1 aliphatic carbocycles. The highest BCUT2D eigenvalue weighted by Crippen LogP contribution is 2.38. The summed E-state index contributed by atoms with van der Waals surface area (Å²) in [5.41, 5.74) is 2.82. The number of rotatable bonds is 2. The van der Waals surface area contributed by atoms with Crippen molar-refractivity contribution in [1.82, 2.24) is 15.2 Å². The Balaban J connectivity index is 1.93. The molecule has 0 aliphatic heterocycles. The average molecular weight is 199 g/mol. The molecule has 0 amide bonds. The molecule has 0 saturated carbocycles. The van der Waals surface area contributed by atoms with Crippen LogP contribution in [0.15, 0.2) is 24.3 Å². The van der Waals surface area contributed by atoms with Crippen molar-refractivity contribution in [3.05, 3.63) is 47.0 Å². The molecule has 0 spiro atoms. The van der Waals surface area contributed by atoms with Gasteiger partial charge in [0.1, 0.15) is 5.82 Å². The molecule has 1 atom stereocenters. The molecule has 0 bridgehead atoms. The number of hydrogen-bond acceptors (Lipinski definition) is 2. The van der Waals surface area contributed by atoms with E-state index in [-0.39, 0.29) is 0 Å². The van der Waals surface area contributed by atoms with E-state index in [1.807, 2.05) is 0 Å². The van der Waals surface area contributed by atoms with E-state index in [0.29, 0.717) is 5.92 Å². The summed E-state index contributed by atoms with van der Waals surface area (Å²) >= 11 is 0. The lowest BCUT2D eigenvalue weighted by atomic mass is 9.77. The molecule has 1 aromatic heterocycles. The summed E-state index contributed by atoms with van der Waals surface area (Å²) in [6, 6.07) is 8.52. The maximum Gasteiger partial charge on any atom is 0.158 e. The van der Waals surface area contributed by atoms with Crippen molar-refractivity contribution < 1.29 is 0 Å². The number of nitrogens with one attached hydrogen (secondary N) is 1. The first-order chi connectivity index (χ1) is 7.38. The van der Waals surface area contributed by atoms with Gasteiger partial charge in [-0.25, -0.2) is 4.98 Å². The van der Waals surface area contributed by atoms with Gasteiger partial charge in [-0.05, 0) is 17.5 Å². The van der Waals surface area contributed by atoms with Gasteiger partial charge in [-0.3, -0.25) is 5.10 Å². The zero-order valence-corrected chi connectivity index (χ0v) is 8.70. The van der Waals surface area contributed by atoms with E-state index in [4.69, 9.17) is 0 Å². The Labute approximate surface area is 88.6 Å². The Morgan fingerprint density at radius 1 is 1.40 bits per heavy atom. The van der Waals surface area contributed by atoms with E-state index < -0.39 is 0 Å². The molecule has 1 aliphatic rings. The fraction of sp³-hybridized carbons (Fsp3) is 0.333. The quantitative estimate of drug-likeness (QED) is 0.804. The van der Waals surface area contributed by atoms with Crippen molar-refractivity contribution in [3.63, 3.8) is 0 Å². The second-order valence-electron chi connectivity index (χ2n) is 3.95. The van der Waals surface area contributed by atoms with Gasteiger partial charge in [0.05, 0.1) is 5.92 Å². The predicted octanol–water partition coefficient (Wildman–Crippen LogP) is 2.06. The van der Waals surface area contributed by atoms with Gasteiger partial charge in [-0.1, -0.05) is 31.2 Å². The van der Waals surface area contributed by atoms with Crippen LogP contribution >= 0.6 is 0 Å². The minimum atomic E-state index is 0.415. The summed E-state index contributed by atoms with van der Waals surface area (Å²) in [4.78, 5) is 4.48. The predicted molar refractivity (Wildman–Crippen MR) is 57.7 cm³/mol. The molecule has 15 heavy (non-hydrogen) atoms. The van der Waals surface area contributed by atoms with Crippen LogP contribution in [0.2, 0.25) is 0 Å². The molecular formula is C12H13N3. The number of fused-ring (bicyclic) bond motifs is 1. The van der Waals surface area contributed by atoms with Gasteiger partial charge in [-0.2, -0.15) is 5.10 Å². The number of aromatic amines is 1. The summed E-state index contributed by atoms with van der Waals surface area (Å²) in [6.07, 6.45) is 2.00. The van der Waals surface area contributed by atoms with Crippen molar-refractivity contribution in [2.45, 2.75) is 25.7 Å². The number of hydrogen-bond donors (Lipinski definition) is 1. The minimum absolute atomic E-state index is 0.415. The zero-order valence-electron chi connectivity index (χ0n) is 8.70. The average Bonchev–Trinajstić information content (AvgIpc) is 2.68. The van der Waals surface area contributed by atoms with Crippen molar-refractivity contribution in [2.24, 2.45) is 0 Å². The lowest BCUT2D eigenvalue weighted by Gasteiger charge is -2.27. The summed E-state index contributed by atoms with van der Waals surface area (Å²) < 4.78 is 0. The van der Waals surface area contributed by atoms with Crippen LogP contribution in [0.5, 0.6) is 0 Å². The van der Waals surface area contributed by atoms with Crippen LogP contribution in [0, 0.1) is 0 Å². The maximum atomic E-state index is 4.48. The highest BCUT2D eigenvalue weighted by atomic mass is 15.2. The van der Waals surface area contributed by atoms with Crippen molar-refractivity contribution in [3.8, 4) is 0 Å². The monoisotopic (exact) mass is 199 g/mol. The summed E-state index contributed by atoms with van der Waals surface area (Å²) in [6.45, 7) is 2.08. The van der Waals surface area contributed by atoms with Crippen molar-refractivity contribution in [1.29, 1.82) is 0 Å². The van der Waals surface area contributed by atoms with Crippen LogP contribution in [0.25, 0.3) is 0 Å². The van der Waals surface area contributed by atoms with E-state index in [0.717, 1.165) is 24.5 Å². The SMILES string of the molecule is CCc1nc(C2Cc3ccccc32)n[nH]1. The Kier molecular flexibility index (Phi) is 1.84. The fourth-order valence-electron chi connectivity index (χ4n) is 2.11. The van der Waals surface area contributed by atoms with Crippen LogP contribution in [-0.2, 0) is 12.8 Å². The molecular weight excluding hydrogens is 186 g/mol. The molecule has 0 saturated heterocycles. The highest BCUT2D eigenvalue weighted by Gasteiger charge is 2.29. The normalized spacial score (nSPS) is 18.3. The van der Waals surface area contributed by atoms with Gasteiger partial charge in [0.25, 0.3) is 0 Å². The van der Waals surface area contributed by atoms with Gasteiger partial charge in [0, 0.05) is 6.42 Å². The lowest BCUT2D eigenvalue weighted by Crippen LogP contribution is -2.19. The molecule has 0 fully saturated rings. The zero-order chi connectivity index (χ0) is 10.3. The molecule has 1 unspecified atom stereocenters. The summed E-state index contributed by atoms with van der Waals surface area (Å²) in [7, 11) is 0. The lowest BCUT2D eigenvalue weighted by molar-refractivity contribution is 0.663. The number of benzene rings is 1. The number of aryl methyl sites for hydroxylation is 1. The van der Waals surface area contributed by atoms with Crippen LogP contribution in [0.3, 0.4) is 0 Å². The molecule has 1 heterocycles. The van der Waals surface area contributed by atoms with Gasteiger partial charge < -0.3 is 0 Å². The number of aromatic nitrogens is 3. The number of H-pyrrole nitrogens is 1. The third-order valence-electron chi connectivity index (χ3n) is 3.05. The largest absolute Gasteiger partial charge is 0.263 e. The molecule has 3 heteroatoms. The molecule has 1 aromatic carbocycles. The van der Waals surface area contributed by atoms with Crippen LogP contribution in [0.4, 0.5) is 0 Å². The van der Waals surface area contributed by atoms with Crippen LogP contribution in [-0.4, -0.2) is 15.2 Å². The van der Waals surface area contributed by atoms with Crippen molar-refractivity contribution in [2.75, 3.05) is 0 Å². The van der Waals surface area contributed by atoms with E-state index in [2.05, 4.69) is 46.4 Å². The molecule has 1 N–H and O–H groups in total. The third-order valence-corrected chi connectivity index (χ3v) is 3.05. The van der Waals surface area contributed by atoms with Crippen molar-refractivity contribution >= 4 is 0 Å². The first kappa shape index (κ1) is 8.65. The topological polar surface area (TPSA) is 41.6 Å². The third kappa shape index (κ3) is 1.27. The van der Waals surface area contributed by atoms with E-state index in [1.165, 1.54) is 11.1 Å². The van der Waals surface area contributed by atoms with E-state index in [1.54, 1.807) is 0 Å². The molecule has 76 valence electrons. The maximum absolute atomic E-state index is 4.48. The Hall–Kier alpha value is -1.64. The van der Waals surface area contributed by atoms with E-state index >= 15 is 0 Å². The molecule has 0 radical (unpaired) electrons. The second-order valence-corrected chi connectivity index (χ2v) is 3.95. The number of nitrogens with zero attached hydrogens (tertiary/aromatic N) is 2. The minimum Gasteiger partial charge on any atom is -0.263 e. The first-order valence-corrected chi connectivity index (χ1v) is 5.37. The highest BCUT2D eigenvalue weighted by molar-refractivity contribution is 5.43. The summed E-state index contributed by atoms with van der Waals surface area (Å²) in [5, 5.41) is 7.25. The van der Waals surface area contributed by atoms with Gasteiger partial charge >= 0.3 is 0 Å². The van der Waals surface area contributed by atoms with Crippen LogP contribution in [0.1, 0.15) is 35.6 Å². The Morgan fingerprint density at radius 3 is 3.00 bits per heavy atom. The fourth-order valence-corrected chi connectivity index (χ4v) is 2.11. The summed E-state index contributed by atoms with van der Waals surface area (Å²) in [5.74, 6) is 2.35. The molecule has 3 nitrogen and oxygen atoms in total. The van der Waals surface area contributed by atoms with Gasteiger partial charge in [-0.15, -0.1) is 0 Å². The van der Waals surface area contributed by atoms with E-state index in [9.17, 15) is 0 Å². The smallest absolute Gasteiger partial charge is 0.158 e. The first-order valence-electron chi connectivity index (χ1n) is 5.37. The Morgan fingerprint density at radius 2 is 2.27 bits per heavy atom. The molecule has 3 rings (SSSR count). The second kappa shape index (κ2) is 3.19. The van der Waals surface area contributed by atoms with Crippen LogP contribution < -0.4 is 0 Å². The standard InChI is InChI=1S/C12H13N3/c1-2-11-13-12(15-14-11)10-7-8-5-3-4-6-9(8)10/h3-6,10H,2,7H2,1H3,(H,13,14,15). The molecule has 2 aromatic rings. The Bertz CT molecular complexity index is 487.